The highest BCUT2D eigenvalue weighted by molar-refractivity contribution is 7.13. The molecule has 0 atom stereocenters. The summed E-state index contributed by atoms with van der Waals surface area (Å²) >= 11 is 0.314. The van der Waals surface area contributed by atoms with Crippen LogP contribution in [0.2, 0.25) is 0 Å². The van der Waals surface area contributed by atoms with Crippen molar-refractivity contribution in [1.29, 1.82) is 0 Å². The number of aromatic nitrogens is 3. The van der Waals surface area contributed by atoms with Crippen molar-refractivity contribution < 1.29 is 18.0 Å². The van der Waals surface area contributed by atoms with Gasteiger partial charge in [0, 0.05) is 18.3 Å². The zero-order chi connectivity index (χ0) is 19.6. The fourth-order valence-corrected chi connectivity index (χ4v) is 3.06. The molecule has 0 spiro atoms. The average molecular weight is 393 g/mol. The number of nitrogens with one attached hydrogen (secondary N) is 1. The molecule has 2 aromatic heterocycles. The Kier molecular flexibility index (Phi) is 5.08. The molecule has 6 nitrogen and oxygen atoms in total. The van der Waals surface area contributed by atoms with Crippen LogP contribution in [0.15, 0.2) is 36.7 Å². The van der Waals surface area contributed by atoms with E-state index in [0.717, 1.165) is 22.9 Å². The Balaban J connectivity index is 1.69. The number of aryl methyl sites for hydroxylation is 1. The average Bonchev–Trinajstić information content (AvgIpc) is 3.11. The Labute approximate surface area is 156 Å². The third-order valence-electron chi connectivity index (χ3n) is 3.72. The minimum Gasteiger partial charge on any atom is -0.368 e. The van der Waals surface area contributed by atoms with Gasteiger partial charge >= 0.3 is 6.18 Å². The van der Waals surface area contributed by atoms with E-state index < -0.39 is 17.1 Å². The van der Waals surface area contributed by atoms with Crippen LogP contribution in [0.3, 0.4) is 0 Å². The summed E-state index contributed by atoms with van der Waals surface area (Å²) in [6.07, 6.45) is -2.07. The zero-order valence-corrected chi connectivity index (χ0v) is 14.9. The van der Waals surface area contributed by atoms with Gasteiger partial charge in [0.15, 0.2) is 5.01 Å². The summed E-state index contributed by atoms with van der Waals surface area (Å²) in [4.78, 5) is 23.2. The second-order valence-electron chi connectivity index (χ2n) is 5.65. The molecule has 1 aromatic carbocycles. The van der Waals surface area contributed by atoms with Crippen LogP contribution in [0.25, 0.3) is 11.3 Å². The highest BCUT2D eigenvalue weighted by atomic mass is 32.1. The van der Waals surface area contributed by atoms with E-state index in [0.29, 0.717) is 17.0 Å². The molecule has 0 aliphatic heterocycles. The molecule has 0 bridgehead atoms. The molecule has 10 heteroatoms. The molecule has 3 rings (SSSR count). The molecule has 3 N–H and O–H groups in total. The molecule has 0 radical (unpaired) electrons. The number of thiazole rings is 1. The first-order chi connectivity index (χ1) is 12.7. The lowest BCUT2D eigenvalue weighted by Crippen LogP contribution is -2.22. The molecule has 0 unspecified atom stereocenters. The van der Waals surface area contributed by atoms with Gasteiger partial charge in [0.05, 0.1) is 11.9 Å². The molecule has 0 aliphatic carbocycles. The highest BCUT2D eigenvalue weighted by Crippen LogP contribution is 2.32. The molecule has 2 heterocycles. The maximum atomic E-state index is 12.6. The summed E-state index contributed by atoms with van der Waals surface area (Å²) in [6.45, 7) is 2.04. The van der Waals surface area contributed by atoms with Gasteiger partial charge in [-0.2, -0.15) is 13.2 Å². The molecule has 0 saturated heterocycles. The molecule has 3 aromatic rings. The summed E-state index contributed by atoms with van der Waals surface area (Å²) in [5.41, 5.74) is 8.82. The second-order valence-corrected chi connectivity index (χ2v) is 6.68. The maximum Gasteiger partial charge on any atom is 0.443 e. The molecular weight excluding hydrogens is 379 g/mol. The fraction of sp³-hybridized carbons (Fsp3) is 0.176. The van der Waals surface area contributed by atoms with Crippen molar-refractivity contribution in [3.05, 3.63) is 57.7 Å². The molecule has 27 heavy (non-hydrogen) atoms. The number of nitrogens with two attached hydrogens (primary N) is 1. The third kappa shape index (κ3) is 4.40. The number of anilines is 1. The molecular formula is C17H14F3N5OS. The van der Waals surface area contributed by atoms with Crippen molar-refractivity contribution in [3.8, 4) is 11.3 Å². The molecule has 1 amide bonds. The monoisotopic (exact) mass is 393 g/mol. The Morgan fingerprint density at radius 3 is 2.67 bits per heavy atom. The van der Waals surface area contributed by atoms with Crippen LogP contribution in [0.4, 0.5) is 19.1 Å². The number of hydrogen-bond donors (Lipinski definition) is 2. The first-order valence-corrected chi connectivity index (χ1v) is 8.55. The van der Waals surface area contributed by atoms with Crippen molar-refractivity contribution in [3.63, 3.8) is 0 Å². The highest BCUT2D eigenvalue weighted by Gasteiger charge is 2.35. The summed E-state index contributed by atoms with van der Waals surface area (Å²) in [5.74, 6) is -0.431. The van der Waals surface area contributed by atoms with E-state index in [1.54, 1.807) is 12.3 Å². The fourth-order valence-electron chi connectivity index (χ4n) is 2.36. The summed E-state index contributed by atoms with van der Waals surface area (Å²) < 4.78 is 37.7. The number of alkyl halides is 3. The quantitative estimate of drug-likeness (QED) is 0.708. The zero-order valence-electron chi connectivity index (χ0n) is 14.0. The predicted molar refractivity (Wildman–Crippen MR) is 94.9 cm³/mol. The number of carbonyl (C=O) groups is 1. The Hall–Kier alpha value is -3.01. The number of nitrogen functional groups attached to an aromatic ring is 1. The van der Waals surface area contributed by atoms with Gasteiger partial charge in [0.2, 0.25) is 5.95 Å². The number of carbonyl (C=O) groups excluding carboxylic acids is 1. The Bertz CT molecular complexity index is 987. The van der Waals surface area contributed by atoms with Crippen LogP contribution < -0.4 is 11.1 Å². The van der Waals surface area contributed by atoms with Crippen molar-refractivity contribution in [1.82, 2.24) is 20.3 Å². The first kappa shape index (κ1) is 18.8. The van der Waals surface area contributed by atoms with Crippen LogP contribution in [-0.4, -0.2) is 20.9 Å². The van der Waals surface area contributed by atoms with Crippen molar-refractivity contribution in [2.24, 2.45) is 0 Å². The van der Waals surface area contributed by atoms with E-state index in [1.165, 1.54) is 0 Å². The van der Waals surface area contributed by atoms with Gasteiger partial charge in [-0.3, -0.25) is 4.79 Å². The molecule has 0 aliphatic rings. The van der Waals surface area contributed by atoms with Crippen LogP contribution in [0, 0.1) is 6.92 Å². The van der Waals surface area contributed by atoms with E-state index in [4.69, 9.17) is 5.73 Å². The van der Waals surface area contributed by atoms with E-state index in [1.807, 2.05) is 25.1 Å². The van der Waals surface area contributed by atoms with Gasteiger partial charge in [-0.15, -0.1) is 11.3 Å². The van der Waals surface area contributed by atoms with Gasteiger partial charge in [-0.25, -0.2) is 15.0 Å². The molecule has 0 saturated carbocycles. The first-order valence-electron chi connectivity index (χ1n) is 7.73. The Morgan fingerprint density at radius 1 is 1.26 bits per heavy atom. The van der Waals surface area contributed by atoms with Gasteiger partial charge in [0.1, 0.15) is 4.88 Å². The Morgan fingerprint density at radius 2 is 2.04 bits per heavy atom. The third-order valence-corrected chi connectivity index (χ3v) is 4.76. The number of benzene rings is 1. The number of hydrogen-bond acceptors (Lipinski definition) is 6. The summed E-state index contributed by atoms with van der Waals surface area (Å²) in [7, 11) is 0. The standard InChI is InChI=1S/C17H14F3N5OS/c1-9-6-10(12-4-5-22-16(21)25-12)2-3-11(9)7-23-14(26)13-8-24-15(27-13)17(18,19)20/h2-6,8H,7H2,1H3,(H,23,26)(H2,21,22,25). The van der Waals surface area contributed by atoms with Gasteiger partial charge < -0.3 is 11.1 Å². The lowest BCUT2D eigenvalue weighted by molar-refractivity contribution is -0.137. The molecule has 0 fully saturated rings. The van der Waals surface area contributed by atoms with E-state index >= 15 is 0 Å². The van der Waals surface area contributed by atoms with E-state index in [-0.39, 0.29) is 17.4 Å². The van der Waals surface area contributed by atoms with Crippen molar-refractivity contribution in [2.75, 3.05) is 5.73 Å². The maximum absolute atomic E-state index is 12.6. The summed E-state index contributed by atoms with van der Waals surface area (Å²) in [5, 5.41) is 1.56. The van der Waals surface area contributed by atoms with Crippen molar-refractivity contribution in [2.45, 2.75) is 19.6 Å². The topological polar surface area (TPSA) is 93.8 Å². The molecule has 140 valence electrons. The van der Waals surface area contributed by atoms with Crippen LogP contribution in [0.1, 0.15) is 25.8 Å². The minimum absolute atomic E-state index is 0.0898. The number of amides is 1. The largest absolute Gasteiger partial charge is 0.443 e. The van der Waals surface area contributed by atoms with Gasteiger partial charge in [0.25, 0.3) is 5.91 Å². The smallest absolute Gasteiger partial charge is 0.368 e. The van der Waals surface area contributed by atoms with E-state index in [2.05, 4.69) is 20.3 Å². The van der Waals surface area contributed by atoms with Crippen LogP contribution >= 0.6 is 11.3 Å². The van der Waals surface area contributed by atoms with Gasteiger partial charge in [-0.05, 0) is 30.2 Å². The van der Waals surface area contributed by atoms with E-state index in [9.17, 15) is 18.0 Å². The number of nitrogens with zero attached hydrogens (tertiary/aromatic N) is 3. The van der Waals surface area contributed by atoms with Crippen LogP contribution in [-0.2, 0) is 12.7 Å². The van der Waals surface area contributed by atoms with Crippen molar-refractivity contribution >= 4 is 23.2 Å². The summed E-state index contributed by atoms with van der Waals surface area (Å²) in [6, 6.07) is 7.26. The minimum atomic E-state index is -4.56. The SMILES string of the molecule is Cc1cc(-c2ccnc(N)n2)ccc1CNC(=O)c1cnc(C(F)(F)F)s1. The number of rotatable bonds is 4. The van der Waals surface area contributed by atoms with Gasteiger partial charge in [-0.1, -0.05) is 12.1 Å². The number of halogens is 3. The normalized spacial score (nSPS) is 11.4. The second kappa shape index (κ2) is 7.31. The lowest BCUT2D eigenvalue weighted by atomic mass is 10.0. The van der Waals surface area contributed by atoms with Crippen LogP contribution in [0.5, 0.6) is 0 Å². The predicted octanol–water partition coefficient (Wildman–Crippen LogP) is 3.44. The lowest BCUT2D eigenvalue weighted by Gasteiger charge is -2.09.